The van der Waals surface area contributed by atoms with E-state index >= 15 is 0 Å². The number of aliphatic hydroxyl groups is 1. The Kier molecular flexibility index (Phi) is 5.37. The van der Waals surface area contributed by atoms with Gasteiger partial charge in [-0.05, 0) is 25.2 Å². The van der Waals surface area contributed by atoms with E-state index in [4.69, 9.17) is 0 Å². The van der Waals surface area contributed by atoms with E-state index < -0.39 is 0 Å². The van der Waals surface area contributed by atoms with Crippen molar-refractivity contribution in [3.63, 3.8) is 0 Å². The zero-order valence-electron chi connectivity index (χ0n) is 10.2. The molecule has 1 heterocycles. The molecule has 0 spiro atoms. The Balaban J connectivity index is 1.92. The van der Waals surface area contributed by atoms with Gasteiger partial charge < -0.3 is 5.11 Å². The van der Waals surface area contributed by atoms with Crippen molar-refractivity contribution in [2.75, 3.05) is 11.5 Å². The molecule has 2 rings (SSSR count). The fraction of sp³-hybridized carbons (Fsp3) is 1.00. The van der Waals surface area contributed by atoms with E-state index in [1.165, 1.54) is 50.0 Å². The molecule has 0 bridgehead atoms. The molecule has 0 aromatic carbocycles. The van der Waals surface area contributed by atoms with Crippen LogP contribution in [0.2, 0.25) is 0 Å². The Labute approximate surface area is 108 Å². The average molecular weight is 260 g/mol. The highest BCUT2D eigenvalue weighted by molar-refractivity contribution is 8.07. The molecule has 2 aliphatic rings. The summed E-state index contributed by atoms with van der Waals surface area (Å²) in [4.78, 5) is 0. The summed E-state index contributed by atoms with van der Waals surface area (Å²) in [5, 5.41) is 11.8. The highest BCUT2D eigenvalue weighted by Crippen LogP contribution is 2.39. The Hall–Kier alpha value is 0.660. The van der Waals surface area contributed by atoms with Crippen LogP contribution in [0.4, 0.5) is 0 Å². The molecule has 0 amide bonds. The zero-order chi connectivity index (χ0) is 11.4. The summed E-state index contributed by atoms with van der Waals surface area (Å²) in [5.41, 5.74) is 0. The third kappa shape index (κ3) is 3.11. The molecule has 2 fully saturated rings. The third-order valence-electron chi connectivity index (χ3n) is 3.96. The molecule has 1 nitrogen and oxygen atoms in total. The van der Waals surface area contributed by atoms with Crippen LogP contribution in [0.1, 0.15) is 45.4 Å². The molecule has 94 valence electrons. The lowest BCUT2D eigenvalue weighted by molar-refractivity contribution is 0.0815. The van der Waals surface area contributed by atoms with Gasteiger partial charge in [0.15, 0.2) is 0 Å². The van der Waals surface area contributed by atoms with Crippen LogP contribution < -0.4 is 0 Å². The van der Waals surface area contributed by atoms with E-state index in [2.05, 4.69) is 18.7 Å². The molecule has 1 saturated carbocycles. The lowest BCUT2D eigenvalue weighted by Crippen LogP contribution is -2.41. The van der Waals surface area contributed by atoms with Crippen LogP contribution in [-0.2, 0) is 0 Å². The molecule has 0 aromatic heterocycles. The number of aliphatic hydroxyl groups excluding tert-OH is 1. The first-order valence-corrected chi connectivity index (χ1v) is 8.84. The van der Waals surface area contributed by atoms with Crippen LogP contribution in [0.3, 0.4) is 0 Å². The average Bonchev–Trinajstić information content (AvgIpc) is 2.39. The van der Waals surface area contributed by atoms with E-state index in [9.17, 15) is 5.11 Å². The molecule has 1 aliphatic heterocycles. The SMILES string of the molecule is CCC1SCCSC1C(O)C1CCCCC1. The molecule has 3 heteroatoms. The van der Waals surface area contributed by atoms with Gasteiger partial charge in [-0.1, -0.05) is 26.2 Å². The van der Waals surface area contributed by atoms with Gasteiger partial charge in [-0.2, -0.15) is 23.5 Å². The van der Waals surface area contributed by atoms with Gasteiger partial charge in [-0.3, -0.25) is 0 Å². The fourth-order valence-electron chi connectivity index (χ4n) is 3.00. The maximum atomic E-state index is 10.6. The predicted octanol–water partition coefficient (Wildman–Crippen LogP) is 3.55. The summed E-state index contributed by atoms with van der Waals surface area (Å²) >= 11 is 4.11. The van der Waals surface area contributed by atoms with Crippen molar-refractivity contribution in [1.82, 2.24) is 0 Å². The molecule has 1 N–H and O–H groups in total. The maximum absolute atomic E-state index is 10.6. The van der Waals surface area contributed by atoms with Crippen molar-refractivity contribution in [3.05, 3.63) is 0 Å². The molecule has 3 atom stereocenters. The molecule has 3 unspecified atom stereocenters. The van der Waals surface area contributed by atoms with Crippen LogP contribution in [0.25, 0.3) is 0 Å². The zero-order valence-corrected chi connectivity index (χ0v) is 11.9. The minimum atomic E-state index is -0.0388. The number of rotatable bonds is 3. The summed E-state index contributed by atoms with van der Waals surface area (Å²) in [6.07, 6.45) is 7.76. The Morgan fingerprint density at radius 1 is 1.12 bits per heavy atom. The summed E-state index contributed by atoms with van der Waals surface area (Å²) in [5.74, 6) is 3.10. The van der Waals surface area contributed by atoms with Crippen molar-refractivity contribution in [3.8, 4) is 0 Å². The van der Waals surface area contributed by atoms with E-state index in [0.717, 1.165) is 0 Å². The van der Waals surface area contributed by atoms with E-state index in [1.54, 1.807) is 0 Å². The first-order valence-electron chi connectivity index (χ1n) is 6.74. The quantitative estimate of drug-likeness (QED) is 0.838. The minimum absolute atomic E-state index is 0.0388. The topological polar surface area (TPSA) is 20.2 Å². The Morgan fingerprint density at radius 3 is 2.50 bits per heavy atom. The predicted molar refractivity (Wildman–Crippen MR) is 75.4 cm³/mol. The molecule has 1 saturated heterocycles. The minimum Gasteiger partial charge on any atom is -0.392 e. The van der Waals surface area contributed by atoms with E-state index in [-0.39, 0.29) is 6.10 Å². The lowest BCUT2D eigenvalue weighted by Gasteiger charge is -2.38. The number of hydrogen-bond donors (Lipinski definition) is 1. The number of thioether (sulfide) groups is 2. The van der Waals surface area contributed by atoms with Crippen molar-refractivity contribution >= 4 is 23.5 Å². The third-order valence-corrected chi connectivity index (χ3v) is 7.32. The Bertz CT molecular complexity index is 204. The summed E-state index contributed by atoms with van der Waals surface area (Å²) in [6, 6.07) is 0. The van der Waals surface area contributed by atoms with E-state index in [1.807, 2.05) is 11.8 Å². The highest BCUT2D eigenvalue weighted by Gasteiger charge is 2.35. The van der Waals surface area contributed by atoms with Gasteiger partial charge in [0.2, 0.25) is 0 Å². The Morgan fingerprint density at radius 2 is 1.81 bits per heavy atom. The molecular formula is C13H24OS2. The van der Waals surface area contributed by atoms with Gasteiger partial charge >= 0.3 is 0 Å². The van der Waals surface area contributed by atoms with Crippen LogP contribution in [0, 0.1) is 5.92 Å². The second-order valence-electron chi connectivity index (χ2n) is 5.04. The van der Waals surface area contributed by atoms with Gasteiger partial charge in [0.1, 0.15) is 0 Å². The summed E-state index contributed by atoms with van der Waals surface area (Å²) < 4.78 is 0. The van der Waals surface area contributed by atoms with Crippen LogP contribution in [0.15, 0.2) is 0 Å². The first kappa shape index (κ1) is 13.1. The molecule has 16 heavy (non-hydrogen) atoms. The van der Waals surface area contributed by atoms with Gasteiger partial charge in [0.25, 0.3) is 0 Å². The van der Waals surface area contributed by atoms with Crippen LogP contribution in [-0.4, -0.2) is 33.2 Å². The smallest absolute Gasteiger partial charge is 0.0697 e. The standard InChI is InChI=1S/C13H24OS2/c1-2-11-13(16-9-8-15-11)12(14)10-6-4-3-5-7-10/h10-14H,2-9H2,1H3. The maximum Gasteiger partial charge on any atom is 0.0697 e. The second kappa shape index (κ2) is 6.55. The molecule has 1 aliphatic carbocycles. The van der Waals surface area contributed by atoms with Crippen LogP contribution >= 0.6 is 23.5 Å². The van der Waals surface area contributed by atoms with Gasteiger partial charge in [0, 0.05) is 22.0 Å². The fourth-order valence-corrected chi connectivity index (χ4v) is 6.23. The largest absolute Gasteiger partial charge is 0.392 e. The monoisotopic (exact) mass is 260 g/mol. The van der Waals surface area contributed by atoms with Crippen LogP contribution in [0.5, 0.6) is 0 Å². The highest BCUT2D eigenvalue weighted by atomic mass is 32.2. The number of hydrogen-bond acceptors (Lipinski definition) is 3. The summed E-state index contributed by atoms with van der Waals surface area (Å²) in [7, 11) is 0. The van der Waals surface area contributed by atoms with Crippen molar-refractivity contribution < 1.29 is 5.11 Å². The van der Waals surface area contributed by atoms with E-state index in [0.29, 0.717) is 16.4 Å². The van der Waals surface area contributed by atoms with Gasteiger partial charge in [-0.25, -0.2) is 0 Å². The van der Waals surface area contributed by atoms with Crippen molar-refractivity contribution in [2.24, 2.45) is 5.92 Å². The van der Waals surface area contributed by atoms with Crippen molar-refractivity contribution in [1.29, 1.82) is 0 Å². The lowest BCUT2D eigenvalue weighted by atomic mass is 9.83. The van der Waals surface area contributed by atoms with Gasteiger partial charge in [-0.15, -0.1) is 0 Å². The molecule has 0 radical (unpaired) electrons. The molecular weight excluding hydrogens is 236 g/mol. The first-order chi connectivity index (χ1) is 7.83. The summed E-state index contributed by atoms with van der Waals surface area (Å²) in [6.45, 7) is 2.27. The normalized spacial score (nSPS) is 34.9. The molecule has 0 aromatic rings. The van der Waals surface area contributed by atoms with Crippen molar-refractivity contribution in [2.45, 2.75) is 62.1 Å². The second-order valence-corrected chi connectivity index (χ2v) is 7.67. The van der Waals surface area contributed by atoms with Gasteiger partial charge in [0.05, 0.1) is 6.10 Å².